The number of hydrogen-bond donors (Lipinski definition) is 2. The van der Waals surface area contributed by atoms with Crippen LogP contribution in [-0.4, -0.2) is 30.5 Å². The van der Waals surface area contributed by atoms with Crippen LogP contribution in [0, 0.1) is 11.6 Å². The highest BCUT2D eigenvalue weighted by atomic mass is 32.2. The first-order chi connectivity index (χ1) is 15.1. The molecule has 0 spiro atoms. The van der Waals surface area contributed by atoms with Gasteiger partial charge in [0, 0.05) is 17.5 Å². The number of fused-ring (bicyclic) bond motifs is 2. The lowest BCUT2D eigenvalue weighted by Crippen LogP contribution is -2.22. The molecule has 0 bridgehead atoms. The van der Waals surface area contributed by atoms with Crippen LogP contribution in [0.5, 0.6) is 5.88 Å². The fraction of sp³-hybridized carbons (Fsp3) is 0.136. The predicted octanol–water partition coefficient (Wildman–Crippen LogP) is 4.23. The molecule has 1 aromatic heterocycles. The van der Waals surface area contributed by atoms with E-state index < -0.39 is 27.8 Å². The van der Waals surface area contributed by atoms with Gasteiger partial charge >= 0.3 is 6.16 Å². The van der Waals surface area contributed by atoms with Crippen LogP contribution in [0.15, 0.2) is 54.6 Å². The molecule has 7 nitrogen and oxygen atoms in total. The molecule has 0 aliphatic carbocycles. The Morgan fingerprint density at radius 3 is 2.44 bits per heavy atom. The maximum Gasteiger partial charge on any atom is 0.512 e. The lowest BCUT2D eigenvalue weighted by atomic mass is 10.0. The van der Waals surface area contributed by atoms with Crippen molar-refractivity contribution in [3.63, 3.8) is 0 Å². The average molecular weight is 460 g/mol. The second-order valence-corrected chi connectivity index (χ2v) is 9.11. The molecule has 4 rings (SSSR count). The fourth-order valence-electron chi connectivity index (χ4n) is 3.72. The van der Waals surface area contributed by atoms with E-state index in [2.05, 4.69) is 4.72 Å². The van der Waals surface area contributed by atoms with Crippen molar-refractivity contribution in [1.82, 2.24) is 9.29 Å². The summed E-state index contributed by atoms with van der Waals surface area (Å²) in [4.78, 5) is 11.4. The number of carboxylic acid groups (broad SMARTS) is 1. The highest BCUT2D eigenvalue weighted by molar-refractivity contribution is 7.88. The lowest BCUT2D eigenvalue weighted by Gasteiger charge is -2.13. The molecule has 3 aromatic carbocycles. The van der Waals surface area contributed by atoms with E-state index >= 15 is 0 Å². The molecule has 32 heavy (non-hydrogen) atoms. The van der Waals surface area contributed by atoms with Gasteiger partial charge in [-0.05, 0) is 46.7 Å². The summed E-state index contributed by atoms with van der Waals surface area (Å²) in [5, 5.41) is 11.0. The van der Waals surface area contributed by atoms with Gasteiger partial charge in [-0.15, -0.1) is 0 Å². The fourth-order valence-corrected chi connectivity index (χ4v) is 4.13. The molecule has 0 aliphatic heterocycles. The topological polar surface area (TPSA) is 97.6 Å². The normalized spacial score (nSPS) is 11.8. The SMILES string of the molecule is CS(=O)(=O)NCc1c(OC(=O)O)n(Cc2cccc3ccc(F)cc23)c2ccc(F)cc12. The minimum atomic E-state index is -3.63. The quantitative estimate of drug-likeness (QED) is 0.420. The van der Waals surface area contributed by atoms with Gasteiger partial charge in [0.15, 0.2) is 0 Å². The average Bonchev–Trinajstić information content (AvgIpc) is 2.97. The Kier molecular flexibility index (Phi) is 5.57. The number of sulfonamides is 1. The molecular weight excluding hydrogens is 442 g/mol. The van der Waals surface area contributed by atoms with Crippen LogP contribution >= 0.6 is 0 Å². The van der Waals surface area contributed by atoms with E-state index in [1.807, 2.05) is 6.07 Å². The van der Waals surface area contributed by atoms with Crippen molar-refractivity contribution in [2.45, 2.75) is 13.1 Å². The van der Waals surface area contributed by atoms with E-state index in [4.69, 9.17) is 4.74 Å². The first kappa shape index (κ1) is 21.7. The number of nitrogens with one attached hydrogen (secondary N) is 1. The Balaban J connectivity index is 1.94. The van der Waals surface area contributed by atoms with Crippen LogP contribution in [0.4, 0.5) is 13.6 Å². The van der Waals surface area contributed by atoms with Crippen molar-refractivity contribution < 1.29 is 31.8 Å². The zero-order chi connectivity index (χ0) is 23.0. The Morgan fingerprint density at radius 2 is 1.75 bits per heavy atom. The molecule has 166 valence electrons. The molecule has 0 radical (unpaired) electrons. The van der Waals surface area contributed by atoms with Gasteiger partial charge in [-0.25, -0.2) is 26.7 Å². The van der Waals surface area contributed by atoms with Crippen molar-refractivity contribution >= 4 is 37.9 Å². The van der Waals surface area contributed by atoms with Gasteiger partial charge in [0.25, 0.3) is 0 Å². The summed E-state index contributed by atoms with van der Waals surface area (Å²) in [7, 11) is -3.63. The van der Waals surface area contributed by atoms with Crippen LogP contribution < -0.4 is 9.46 Å². The minimum absolute atomic E-state index is 0.0738. The number of carbonyl (C=O) groups is 1. The van der Waals surface area contributed by atoms with Crippen molar-refractivity contribution in [1.29, 1.82) is 0 Å². The first-order valence-electron chi connectivity index (χ1n) is 9.45. The minimum Gasteiger partial charge on any atom is -0.449 e. The van der Waals surface area contributed by atoms with Crippen LogP contribution in [-0.2, 0) is 23.1 Å². The number of hydrogen-bond acceptors (Lipinski definition) is 4. The largest absolute Gasteiger partial charge is 0.512 e. The summed E-state index contributed by atoms with van der Waals surface area (Å²) in [6.45, 7) is -0.233. The van der Waals surface area contributed by atoms with Crippen molar-refractivity contribution in [2.75, 3.05) is 6.26 Å². The molecule has 0 unspecified atom stereocenters. The summed E-state index contributed by atoms with van der Waals surface area (Å²) < 4.78 is 60.0. The predicted molar refractivity (Wildman–Crippen MR) is 115 cm³/mol. The molecule has 0 saturated heterocycles. The van der Waals surface area contributed by atoms with Gasteiger partial charge in [-0.1, -0.05) is 24.3 Å². The third-order valence-electron chi connectivity index (χ3n) is 5.04. The maximum absolute atomic E-state index is 14.0. The van der Waals surface area contributed by atoms with E-state index in [0.717, 1.165) is 11.6 Å². The van der Waals surface area contributed by atoms with E-state index in [-0.39, 0.29) is 24.5 Å². The van der Waals surface area contributed by atoms with E-state index in [1.54, 1.807) is 18.2 Å². The highest BCUT2D eigenvalue weighted by Gasteiger charge is 2.23. The lowest BCUT2D eigenvalue weighted by molar-refractivity contribution is 0.140. The van der Waals surface area contributed by atoms with Gasteiger partial charge < -0.3 is 14.4 Å². The van der Waals surface area contributed by atoms with Crippen LogP contribution in [0.2, 0.25) is 0 Å². The van der Waals surface area contributed by atoms with Crippen LogP contribution in [0.3, 0.4) is 0 Å². The van der Waals surface area contributed by atoms with Gasteiger partial charge in [0.1, 0.15) is 11.6 Å². The number of benzene rings is 3. The molecule has 1 heterocycles. The summed E-state index contributed by atoms with van der Waals surface area (Å²) in [5.74, 6) is -1.16. The summed E-state index contributed by atoms with van der Waals surface area (Å²) in [5.41, 5.74) is 1.26. The molecule has 0 atom stereocenters. The smallest absolute Gasteiger partial charge is 0.449 e. The summed E-state index contributed by atoms with van der Waals surface area (Å²) >= 11 is 0. The van der Waals surface area contributed by atoms with Gasteiger partial charge in [-0.3, -0.25) is 0 Å². The first-order valence-corrected chi connectivity index (χ1v) is 11.3. The number of halogens is 2. The monoisotopic (exact) mass is 460 g/mol. The summed E-state index contributed by atoms with van der Waals surface area (Å²) in [6, 6.07) is 13.6. The number of ether oxygens (including phenoxy) is 1. The van der Waals surface area contributed by atoms with E-state index in [9.17, 15) is 27.1 Å². The highest BCUT2D eigenvalue weighted by Crippen LogP contribution is 2.35. The molecule has 0 amide bonds. The molecule has 10 heteroatoms. The molecule has 0 fully saturated rings. The van der Waals surface area contributed by atoms with Crippen LogP contribution in [0.25, 0.3) is 21.7 Å². The van der Waals surface area contributed by atoms with Gasteiger partial charge in [-0.2, -0.15) is 0 Å². The molecule has 0 saturated carbocycles. The second-order valence-electron chi connectivity index (χ2n) is 7.28. The van der Waals surface area contributed by atoms with E-state index in [0.29, 0.717) is 21.9 Å². The second kappa shape index (κ2) is 8.21. The number of nitrogens with zero attached hydrogens (tertiary/aromatic N) is 1. The third kappa shape index (κ3) is 4.41. The molecule has 2 N–H and O–H groups in total. The number of aromatic nitrogens is 1. The Morgan fingerprint density at radius 1 is 1.06 bits per heavy atom. The van der Waals surface area contributed by atoms with E-state index in [1.165, 1.54) is 34.9 Å². The zero-order valence-electron chi connectivity index (χ0n) is 16.8. The Hall–Kier alpha value is -3.50. The van der Waals surface area contributed by atoms with Crippen molar-refractivity contribution in [2.24, 2.45) is 0 Å². The summed E-state index contributed by atoms with van der Waals surface area (Å²) in [6.07, 6.45) is -0.658. The van der Waals surface area contributed by atoms with Crippen molar-refractivity contribution in [3.05, 3.63) is 77.4 Å². The standard InChI is InChI=1S/C22H18F2N2O5S/c1-32(29,30)25-11-19-18-10-16(24)7-8-20(18)26(21(19)31-22(27)28)12-14-4-2-3-13-5-6-15(23)9-17(13)14/h2-10,25H,11-12H2,1H3,(H,27,28). The third-order valence-corrected chi connectivity index (χ3v) is 5.70. The zero-order valence-corrected chi connectivity index (χ0v) is 17.6. The molecular formula is C22H18F2N2O5S. The Labute approximate surface area is 181 Å². The van der Waals surface area contributed by atoms with Crippen LogP contribution in [0.1, 0.15) is 11.1 Å². The molecule has 4 aromatic rings. The maximum atomic E-state index is 14.0. The number of rotatable bonds is 6. The van der Waals surface area contributed by atoms with Crippen molar-refractivity contribution in [3.8, 4) is 5.88 Å². The molecule has 0 aliphatic rings. The van der Waals surface area contributed by atoms with Gasteiger partial charge in [0.05, 0.1) is 18.3 Å². The Bertz CT molecular complexity index is 1460. The van der Waals surface area contributed by atoms with Gasteiger partial charge in [0.2, 0.25) is 15.9 Å².